The van der Waals surface area contributed by atoms with E-state index in [2.05, 4.69) is 26.4 Å². The second kappa shape index (κ2) is 5.11. The average molecular weight is 279 g/mol. The number of carboxylic acids is 1. The third-order valence-corrected chi connectivity index (χ3v) is 2.34. The van der Waals surface area contributed by atoms with Gasteiger partial charge in [0.1, 0.15) is 16.8 Å². The highest BCUT2D eigenvalue weighted by molar-refractivity contribution is 9.18. The predicted octanol–water partition coefficient (Wildman–Crippen LogP) is 0.463. The predicted molar refractivity (Wildman–Crippen MR) is 55.7 cm³/mol. The lowest BCUT2D eigenvalue weighted by atomic mass is 10.1. The zero-order valence-electron chi connectivity index (χ0n) is 8.07. The van der Waals surface area contributed by atoms with E-state index >= 15 is 0 Å². The maximum atomic E-state index is 10.8. The molecule has 0 bridgehead atoms. The fourth-order valence-electron chi connectivity index (χ4n) is 1.25. The van der Waals surface area contributed by atoms with E-state index in [-0.39, 0.29) is 18.4 Å². The Balaban J connectivity index is 2.45. The monoisotopic (exact) mass is 278 g/mol. The van der Waals surface area contributed by atoms with Crippen LogP contribution in [0.4, 0.5) is 0 Å². The molecule has 1 aliphatic heterocycles. The summed E-state index contributed by atoms with van der Waals surface area (Å²) in [6.45, 7) is 1.28. The number of aliphatic carboxylic acids is 1. The van der Waals surface area contributed by atoms with Gasteiger partial charge in [-0.15, -0.1) is 0 Å². The molecule has 0 aromatic rings. The summed E-state index contributed by atoms with van der Waals surface area (Å²) in [6, 6.07) is -0.930. The topological polar surface area (TPSA) is 88.0 Å². The molecule has 15 heavy (non-hydrogen) atoms. The number of carbonyl (C=O) groups excluding carboxylic acids is 1. The maximum absolute atomic E-state index is 10.8. The summed E-state index contributed by atoms with van der Waals surface area (Å²) in [5.41, 5.74) is 0. The van der Waals surface area contributed by atoms with Gasteiger partial charge in [-0.1, -0.05) is 5.16 Å². The first-order valence-electron chi connectivity index (χ1n) is 4.37. The second-order valence-electron chi connectivity index (χ2n) is 3.23. The van der Waals surface area contributed by atoms with Crippen LogP contribution >= 0.6 is 15.9 Å². The van der Waals surface area contributed by atoms with Gasteiger partial charge in [0.25, 0.3) is 0 Å². The van der Waals surface area contributed by atoms with Crippen LogP contribution in [0.15, 0.2) is 5.16 Å². The summed E-state index contributed by atoms with van der Waals surface area (Å²) < 4.78 is 0.652. The molecule has 2 atom stereocenters. The fraction of sp³-hybridized carbons (Fsp3) is 0.625. The summed E-state index contributed by atoms with van der Waals surface area (Å²) in [5.74, 6) is -1.45. The zero-order chi connectivity index (χ0) is 11.4. The molecule has 6 nitrogen and oxygen atoms in total. The Bertz CT molecular complexity index is 305. The quantitative estimate of drug-likeness (QED) is 0.782. The lowest BCUT2D eigenvalue weighted by molar-refractivity contribution is -0.142. The Kier molecular flexibility index (Phi) is 4.07. The molecule has 0 radical (unpaired) electrons. The number of carbonyl (C=O) groups is 2. The van der Waals surface area contributed by atoms with Crippen LogP contribution in [0.1, 0.15) is 19.8 Å². The highest BCUT2D eigenvalue weighted by Gasteiger charge is 2.28. The Morgan fingerprint density at radius 1 is 1.80 bits per heavy atom. The summed E-state index contributed by atoms with van der Waals surface area (Å²) >= 11 is 3.15. The molecule has 0 aliphatic carbocycles. The van der Waals surface area contributed by atoms with Gasteiger partial charge in [-0.3, -0.25) is 4.79 Å². The summed E-state index contributed by atoms with van der Waals surface area (Å²) in [6.07, 6.45) is 0.434. The van der Waals surface area contributed by atoms with Gasteiger partial charge in [-0.05, 0) is 15.9 Å². The van der Waals surface area contributed by atoms with Crippen LogP contribution in [-0.2, 0) is 14.4 Å². The first-order valence-corrected chi connectivity index (χ1v) is 5.16. The van der Waals surface area contributed by atoms with Crippen molar-refractivity contribution >= 4 is 32.4 Å². The fourth-order valence-corrected chi connectivity index (χ4v) is 1.69. The first kappa shape index (κ1) is 12.0. The van der Waals surface area contributed by atoms with Gasteiger partial charge in [0.15, 0.2) is 0 Å². The van der Waals surface area contributed by atoms with Crippen molar-refractivity contribution in [3.63, 3.8) is 0 Å². The van der Waals surface area contributed by atoms with Crippen LogP contribution in [-0.4, -0.2) is 33.7 Å². The molecule has 0 aromatic heterocycles. The molecule has 1 amide bonds. The van der Waals surface area contributed by atoms with Crippen molar-refractivity contribution in [2.24, 2.45) is 5.16 Å². The highest BCUT2D eigenvalue weighted by atomic mass is 79.9. The molecule has 1 aliphatic rings. The molecule has 0 saturated carbocycles. The Morgan fingerprint density at radius 2 is 2.47 bits per heavy atom. The molecule has 7 heteroatoms. The van der Waals surface area contributed by atoms with E-state index in [1.807, 2.05) is 0 Å². The lowest BCUT2D eigenvalue weighted by Crippen LogP contribution is -2.41. The van der Waals surface area contributed by atoms with Crippen molar-refractivity contribution in [1.29, 1.82) is 0 Å². The van der Waals surface area contributed by atoms with Crippen LogP contribution in [0.25, 0.3) is 0 Å². The summed E-state index contributed by atoms with van der Waals surface area (Å²) in [5, 5.41) is 14.8. The van der Waals surface area contributed by atoms with Crippen molar-refractivity contribution in [3.05, 3.63) is 0 Å². The minimum atomic E-state index is -1.07. The molecular weight excluding hydrogens is 268 g/mol. The van der Waals surface area contributed by atoms with E-state index in [1.54, 1.807) is 0 Å². The van der Waals surface area contributed by atoms with Crippen molar-refractivity contribution in [2.45, 2.75) is 31.9 Å². The van der Waals surface area contributed by atoms with Gasteiger partial charge in [-0.25, -0.2) is 4.79 Å². The molecule has 0 saturated heterocycles. The number of amides is 1. The van der Waals surface area contributed by atoms with Crippen LogP contribution in [0.3, 0.4) is 0 Å². The van der Waals surface area contributed by atoms with Gasteiger partial charge < -0.3 is 15.3 Å². The van der Waals surface area contributed by atoms with E-state index in [0.717, 1.165) is 0 Å². The molecule has 0 spiro atoms. The standard InChI is InChI=1S/C8H11BrN2O4/c1-4(12)10-6(8(13)14)2-5-3-7(9)11-15-5/h5-6H,2-3H2,1H3,(H,10,12)(H,13,14)/t5?,6-/m1/s1. The number of hydrogen-bond acceptors (Lipinski definition) is 4. The highest BCUT2D eigenvalue weighted by Crippen LogP contribution is 2.18. The van der Waals surface area contributed by atoms with Gasteiger partial charge in [-0.2, -0.15) is 0 Å². The third kappa shape index (κ3) is 3.86. The number of nitrogens with one attached hydrogen (secondary N) is 1. The van der Waals surface area contributed by atoms with Crippen LogP contribution in [0.5, 0.6) is 0 Å². The molecule has 1 rings (SSSR count). The SMILES string of the molecule is CC(=O)N[C@H](CC1CC(Br)=NO1)C(=O)O. The molecule has 0 fully saturated rings. The van der Waals surface area contributed by atoms with E-state index in [0.29, 0.717) is 11.0 Å². The zero-order valence-corrected chi connectivity index (χ0v) is 9.65. The summed E-state index contributed by atoms with van der Waals surface area (Å²) in [4.78, 5) is 26.5. The van der Waals surface area contributed by atoms with E-state index in [9.17, 15) is 9.59 Å². The molecule has 1 heterocycles. The minimum Gasteiger partial charge on any atom is -0.480 e. The van der Waals surface area contributed by atoms with Crippen LogP contribution in [0.2, 0.25) is 0 Å². The van der Waals surface area contributed by atoms with Gasteiger partial charge >= 0.3 is 5.97 Å². The summed E-state index contributed by atoms with van der Waals surface area (Å²) in [7, 11) is 0. The van der Waals surface area contributed by atoms with E-state index in [1.165, 1.54) is 6.92 Å². The number of halogens is 1. The third-order valence-electron chi connectivity index (χ3n) is 1.87. The maximum Gasteiger partial charge on any atom is 0.326 e. The Hall–Kier alpha value is -1.11. The Labute approximate surface area is 94.8 Å². The van der Waals surface area contributed by atoms with Gasteiger partial charge in [0, 0.05) is 19.8 Å². The van der Waals surface area contributed by atoms with Gasteiger partial charge in [0.05, 0.1) is 0 Å². The second-order valence-corrected chi connectivity index (χ2v) is 4.14. The van der Waals surface area contributed by atoms with Crippen LogP contribution in [0, 0.1) is 0 Å². The molecule has 0 aromatic carbocycles. The molecular formula is C8H11BrN2O4. The molecule has 84 valence electrons. The van der Waals surface area contributed by atoms with Crippen molar-refractivity contribution < 1.29 is 19.5 Å². The average Bonchev–Trinajstić information content (AvgIpc) is 2.49. The Morgan fingerprint density at radius 3 is 2.87 bits per heavy atom. The smallest absolute Gasteiger partial charge is 0.326 e. The number of rotatable bonds is 4. The lowest BCUT2D eigenvalue weighted by Gasteiger charge is -2.15. The van der Waals surface area contributed by atoms with Crippen molar-refractivity contribution in [2.75, 3.05) is 0 Å². The van der Waals surface area contributed by atoms with Crippen molar-refractivity contribution in [1.82, 2.24) is 5.32 Å². The number of hydrogen-bond donors (Lipinski definition) is 2. The molecule has 2 N–H and O–H groups in total. The first-order chi connectivity index (χ1) is 6.99. The van der Waals surface area contributed by atoms with E-state index in [4.69, 9.17) is 9.94 Å². The minimum absolute atomic E-state index is 0.202. The van der Waals surface area contributed by atoms with Crippen LogP contribution < -0.4 is 5.32 Å². The van der Waals surface area contributed by atoms with Gasteiger partial charge in [0.2, 0.25) is 5.91 Å². The number of oxime groups is 1. The van der Waals surface area contributed by atoms with Crippen molar-refractivity contribution in [3.8, 4) is 0 Å². The van der Waals surface area contributed by atoms with E-state index < -0.39 is 12.0 Å². The number of carboxylic acid groups (broad SMARTS) is 1. The number of nitrogens with zero attached hydrogens (tertiary/aromatic N) is 1. The normalized spacial score (nSPS) is 21.5. The largest absolute Gasteiger partial charge is 0.480 e. The molecule has 1 unspecified atom stereocenters.